The van der Waals surface area contributed by atoms with Gasteiger partial charge >= 0.3 is 29.6 Å². The van der Waals surface area contributed by atoms with Crippen molar-refractivity contribution in [3.63, 3.8) is 0 Å². The second kappa shape index (κ2) is 12.6. The molecule has 4 aromatic rings. The van der Waals surface area contributed by atoms with E-state index in [2.05, 4.69) is 15.5 Å². The fourth-order valence-electron chi connectivity index (χ4n) is 3.65. The fourth-order valence-corrected chi connectivity index (χ4v) is 4.72. The molecule has 0 unspecified atom stereocenters. The summed E-state index contributed by atoms with van der Waals surface area (Å²) in [5, 5.41) is 25.2. The number of fused-ring (bicyclic) bond motifs is 1. The summed E-state index contributed by atoms with van der Waals surface area (Å²) < 4.78 is 38.8. The number of azo groups is 1. The van der Waals surface area contributed by atoms with Crippen molar-refractivity contribution in [2.75, 3.05) is 11.9 Å². The van der Waals surface area contributed by atoms with E-state index in [0.29, 0.717) is 28.7 Å². The third-order valence-electron chi connectivity index (χ3n) is 5.50. The van der Waals surface area contributed by atoms with Crippen molar-refractivity contribution >= 4 is 67.1 Å². The molecule has 0 atom stereocenters. The molecule has 4 rings (SSSR count). The molecule has 196 valence electrons. The van der Waals surface area contributed by atoms with Crippen LogP contribution in [0.2, 0.25) is 10.0 Å². The molecule has 39 heavy (non-hydrogen) atoms. The van der Waals surface area contributed by atoms with Gasteiger partial charge < -0.3 is 15.2 Å². The number of halogens is 2. The van der Waals surface area contributed by atoms with Crippen LogP contribution in [-0.2, 0) is 10.1 Å². The maximum Gasteiger partial charge on any atom is 1.00 e. The fraction of sp³-hybridized carbons (Fsp3) is 0.115. The molecule has 2 N–H and O–H groups in total. The summed E-state index contributed by atoms with van der Waals surface area (Å²) in [4.78, 5) is 12.6. The third-order valence-corrected chi connectivity index (χ3v) is 7.10. The number of anilines is 1. The first-order valence-corrected chi connectivity index (χ1v) is 13.3. The van der Waals surface area contributed by atoms with Crippen molar-refractivity contribution in [3.05, 3.63) is 81.8 Å². The summed E-state index contributed by atoms with van der Waals surface area (Å²) in [5.41, 5.74) is -0.0612. The van der Waals surface area contributed by atoms with E-state index in [1.165, 1.54) is 18.2 Å². The third kappa shape index (κ3) is 6.90. The van der Waals surface area contributed by atoms with E-state index in [1.54, 1.807) is 43.3 Å². The number of nitrogens with one attached hydrogen (secondary N) is 1. The van der Waals surface area contributed by atoms with Crippen molar-refractivity contribution in [2.24, 2.45) is 10.2 Å². The molecule has 0 spiro atoms. The normalized spacial score (nSPS) is 11.4. The SMILES string of the molecule is CCOc1ccc(NC(=O)c2cc3ccccc3c(N=Nc3cc(Cl)c(C)cc3S(=O)(=O)O)c2[O-])c(Cl)c1.[Na+]. The number of benzene rings is 4. The summed E-state index contributed by atoms with van der Waals surface area (Å²) in [6.45, 7) is 3.82. The van der Waals surface area contributed by atoms with Gasteiger partial charge in [-0.1, -0.05) is 53.2 Å². The zero-order valence-corrected chi connectivity index (χ0v) is 25.4. The molecular formula is C26H20Cl2N3NaO6S. The van der Waals surface area contributed by atoms with Crippen LogP contribution < -0.4 is 44.7 Å². The van der Waals surface area contributed by atoms with Gasteiger partial charge in [-0.25, -0.2) is 0 Å². The van der Waals surface area contributed by atoms with Crippen LogP contribution in [0.3, 0.4) is 0 Å². The van der Waals surface area contributed by atoms with Gasteiger partial charge in [0.2, 0.25) is 0 Å². The van der Waals surface area contributed by atoms with Gasteiger partial charge in [-0.15, -0.1) is 5.11 Å². The largest absolute Gasteiger partial charge is 1.00 e. The van der Waals surface area contributed by atoms with E-state index in [9.17, 15) is 22.9 Å². The molecule has 0 radical (unpaired) electrons. The van der Waals surface area contributed by atoms with E-state index in [0.717, 1.165) is 6.07 Å². The second-order valence-corrected chi connectivity index (χ2v) is 10.3. The Balaban J connectivity index is 0.00000420. The Morgan fingerprint density at radius 3 is 2.44 bits per heavy atom. The Hall–Kier alpha value is -2.70. The molecule has 13 heteroatoms. The maximum atomic E-state index is 13.4. The number of amides is 1. The second-order valence-electron chi connectivity index (χ2n) is 8.10. The molecule has 9 nitrogen and oxygen atoms in total. The van der Waals surface area contributed by atoms with Crippen molar-refractivity contribution in [1.29, 1.82) is 0 Å². The van der Waals surface area contributed by atoms with Crippen molar-refractivity contribution in [2.45, 2.75) is 18.7 Å². The van der Waals surface area contributed by atoms with Gasteiger partial charge in [0, 0.05) is 22.0 Å². The molecule has 0 aliphatic heterocycles. The van der Waals surface area contributed by atoms with Gasteiger partial charge in [-0.05, 0) is 55.1 Å². The Morgan fingerprint density at radius 1 is 1.05 bits per heavy atom. The van der Waals surface area contributed by atoms with Crippen LogP contribution in [0, 0.1) is 6.92 Å². The smallest absolute Gasteiger partial charge is 0.870 e. The molecule has 1 amide bonds. The average Bonchev–Trinajstić information content (AvgIpc) is 2.86. The van der Waals surface area contributed by atoms with Crippen LogP contribution in [0.5, 0.6) is 11.5 Å². The number of carbonyl (C=O) groups is 1. The minimum absolute atomic E-state index is 0. The number of hydrogen-bond donors (Lipinski definition) is 2. The predicted octanol–water partition coefficient (Wildman–Crippen LogP) is 3.85. The Bertz CT molecular complexity index is 1710. The van der Waals surface area contributed by atoms with Crippen molar-refractivity contribution < 1.29 is 57.2 Å². The van der Waals surface area contributed by atoms with Gasteiger partial charge in [0.1, 0.15) is 16.3 Å². The Morgan fingerprint density at radius 2 is 1.77 bits per heavy atom. The molecule has 4 aromatic carbocycles. The Kier molecular flexibility index (Phi) is 10.0. The van der Waals surface area contributed by atoms with Gasteiger partial charge in [-0.3, -0.25) is 9.35 Å². The van der Waals surface area contributed by atoms with E-state index in [4.69, 9.17) is 27.9 Å². The zero-order valence-electron chi connectivity index (χ0n) is 21.0. The Labute approximate surface area is 256 Å². The summed E-state index contributed by atoms with van der Waals surface area (Å²) in [5.74, 6) is -0.965. The average molecular weight is 596 g/mol. The van der Waals surface area contributed by atoms with E-state index < -0.39 is 26.7 Å². The predicted molar refractivity (Wildman–Crippen MR) is 144 cm³/mol. The number of rotatable bonds is 7. The minimum Gasteiger partial charge on any atom is -0.870 e. The zero-order chi connectivity index (χ0) is 27.6. The van der Waals surface area contributed by atoms with E-state index >= 15 is 0 Å². The first-order chi connectivity index (χ1) is 18.0. The summed E-state index contributed by atoms with van der Waals surface area (Å²) >= 11 is 12.4. The monoisotopic (exact) mass is 595 g/mol. The van der Waals surface area contributed by atoms with E-state index in [1.807, 2.05) is 6.92 Å². The van der Waals surface area contributed by atoms with E-state index in [-0.39, 0.29) is 62.2 Å². The number of ether oxygens (including phenoxy) is 1. The topological polar surface area (TPSA) is 140 Å². The first kappa shape index (κ1) is 30.8. The van der Waals surface area contributed by atoms with Crippen LogP contribution in [0.15, 0.2) is 75.8 Å². The molecule has 0 bridgehead atoms. The van der Waals surface area contributed by atoms with Gasteiger partial charge in [-0.2, -0.15) is 13.5 Å². The molecular weight excluding hydrogens is 576 g/mol. The van der Waals surface area contributed by atoms with Crippen LogP contribution in [-0.4, -0.2) is 25.5 Å². The number of nitrogens with zero attached hydrogens (tertiary/aromatic N) is 2. The first-order valence-electron chi connectivity index (χ1n) is 11.2. The number of carbonyl (C=O) groups excluding carboxylic acids is 1. The number of hydrogen-bond acceptors (Lipinski definition) is 7. The molecule has 0 saturated carbocycles. The van der Waals surface area contributed by atoms with Gasteiger partial charge in [0.05, 0.1) is 23.0 Å². The number of aryl methyl sites for hydroxylation is 1. The van der Waals surface area contributed by atoms with Crippen LogP contribution in [0.4, 0.5) is 17.1 Å². The molecule has 0 aliphatic rings. The van der Waals surface area contributed by atoms with Crippen LogP contribution >= 0.6 is 23.2 Å². The van der Waals surface area contributed by atoms with Crippen molar-refractivity contribution in [1.82, 2.24) is 0 Å². The minimum atomic E-state index is -4.67. The maximum absolute atomic E-state index is 13.4. The summed E-state index contributed by atoms with van der Waals surface area (Å²) in [6.07, 6.45) is 0. The molecule has 0 saturated heterocycles. The quantitative estimate of drug-likeness (QED) is 0.189. The molecule has 0 heterocycles. The summed E-state index contributed by atoms with van der Waals surface area (Å²) in [6, 6.07) is 15.2. The van der Waals surface area contributed by atoms with Crippen LogP contribution in [0.25, 0.3) is 10.8 Å². The van der Waals surface area contributed by atoms with Crippen LogP contribution in [0.1, 0.15) is 22.8 Å². The standard InChI is InChI=1S/C26H21Cl2N3O6S.Na/c1-3-37-16-8-9-21(20(28)12-16)29-26(33)18-11-15-6-4-5-7-17(15)24(25(18)32)31-30-22-13-19(27)14(2)10-23(22)38(34,35)36;/h4-13,32H,3H2,1-2H3,(H,29,33)(H,34,35,36);/q;+1/p-1. The molecule has 0 aliphatic carbocycles. The molecule has 0 fully saturated rings. The van der Waals surface area contributed by atoms with Crippen molar-refractivity contribution in [3.8, 4) is 11.5 Å². The van der Waals surface area contributed by atoms with Gasteiger partial charge in [0.15, 0.2) is 0 Å². The van der Waals surface area contributed by atoms with Gasteiger partial charge in [0.25, 0.3) is 16.0 Å². The summed E-state index contributed by atoms with van der Waals surface area (Å²) in [7, 11) is -4.67. The molecule has 0 aromatic heterocycles.